The van der Waals surface area contributed by atoms with Crippen molar-refractivity contribution in [1.29, 1.82) is 0 Å². The molecule has 1 aromatic heterocycles. The number of nitrogens with zero attached hydrogens (tertiary/aromatic N) is 1. The Kier molecular flexibility index (Phi) is 4.57. The maximum atomic E-state index is 11.8. The molecule has 106 valence electrons. The number of thiazole rings is 1. The fourth-order valence-corrected chi connectivity index (χ4v) is 4.69. The lowest BCUT2D eigenvalue weighted by molar-refractivity contribution is -0.124. The third kappa shape index (κ3) is 4.01. The van der Waals surface area contributed by atoms with Crippen LogP contribution in [0, 0.1) is 5.92 Å². The molecular weight excluding hydrogens is 284 g/mol. The first-order chi connectivity index (χ1) is 9.00. The number of carbonyl (C=O) groups excluding carboxylic acids is 1. The lowest BCUT2D eigenvalue weighted by atomic mass is 10.1. The average molecular weight is 302 g/mol. The highest BCUT2D eigenvalue weighted by molar-refractivity contribution is 7.91. The summed E-state index contributed by atoms with van der Waals surface area (Å²) >= 11 is 1.60. The van der Waals surface area contributed by atoms with Gasteiger partial charge in [0.25, 0.3) is 0 Å². The first-order valence-electron chi connectivity index (χ1n) is 6.41. The predicted molar refractivity (Wildman–Crippen MR) is 75.0 cm³/mol. The lowest BCUT2D eigenvalue weighted by Crippen LogP contribution is -2.32. The van der Waals surface area contributed by atoms with Crippen molar-refractivity contribution >= 4 is 27.1 Å². The van der Waals surface area contributed by atoms with Crippen LogP contribution in [-0.4, -0.2) is 37.4 Å². The average Bonchev–Trinajstić information content (AvgIpc) is 2.95. The minimum absolute atomic E-state index is 0.00390. The largest absolute Gasteiger partial charge is 0.355 e. The first-order valence-corrected chi connectivity index (χ1v) is 9.11. The highest BCUT2D eigenvalue weighted by Crippen LogP contribution is 2.18. The van der Waals surface area contributed by atoms with E-state index in [2.05, 4.69) is 17.2 Å². The van der Waals surface area contributed by atoms with Gasteiger partial charge < -0.3 is 5.32 Å². The van der Waals surface area contributed by atoms with E-state index in [0.717, 1.165) is 17.1 Å². The zero-order chi connectivity index (χ0) is 13.9. The number of rotatable bonds is 5. The zero-order valence-electron chi connectivity index (χ0n) is 10.9. The fourth-order valence-electron chi connectivity index (χ4n) is 2.06. The normalized spacial score (nSPS) is 21.4. The van der Waals surface area contributed by atoms with E-state index in [1.165, 1.54) is 0 Å². The molecule has 0 radical (unpaired) electrons. The summed E-state index contributed by atoms with van der Waals surface area (Å²) in [6.45, 7) is 2.58. The van der Waals surface area contributed by atoms with E-state index in [-0.39, 0.29) is 23.3 Å². The Hall–Kier alpha value is -0.950. The lowest BCUT2D eigenvalue weighted by Gasteiger charge is -2.08. The predicted octanol–water partition coefficient (Wildman–Crippen LogP) is 0.799. The molecule has 1 fully saturated rings. The summed E-state index contributed by atoms with van der Waals surface area (Å²) in [6, 6.07) is 0. The van der Waals surface area contributed by atoms with Gasteiger partial charge in [0.05, 0.1) is 28.1 Å². The molecule has 0 unspecified atom stereocenters. The Bertz CT molecular complexity index is 551. The highest BCUT2D eigenvalue weighted by Gasteiger charge is 2.32. The van der Waals surface area contributed by atoms with Gasteiger partial charge in [-0.05, 0) is 12.8 Å². The zero-order valence-corrected chi connectivity index (χ0v) is 12.5. The molecular formula is C12H18N2O3S2. The third-order valence-electron chi connectivity index (χ3n) is 3.20. The summed E-state index contributed by atoms with van der Waals surface area (Å²) in [5.41, 5.74) is 1.08. The quantitative estimate of drug-likeness (QED) is 0.873. The Morgan fingerprint density at radius 2 is 2.37 bits per heavy atom. The van der Waals surface area contributed by atoms with Crippen molar-refractivity contribution < 1.29 is 13.2 Å². The molecule has 1 saturated heterocycles. The number of aromatic nitrogens is 1. The Morgan fingerprint density at radius 3 is 2.95 bits per heavy atom. The molecule has 5 nitrogen and oxygen atoms in total. The van der Waals surface area contributed by atoms with Gasteiger partial charge in [0.15, 0.2) is 9.84 Å². The van der Waals surface area contributed by atoms with Crippen LogP contribution in [0.5, 0.6) is 0 Å². The van der Waals surface area contributed by atoms with Gasteiger partial charge in [-0.25, -0.2) is 13.4 Å². The van der Waals surface area contributed by atoms with E-state index in [9.17, 15) is 13.2 Å². The summed E-state index contributed by atoms with van der Waals surface area (Å²) in [6.07, 6.45) is 2.07. The fraction of sp³-hybridized carbons (Fsp3) is 0.667. The number of carbonyl (C=O) groups is 1. The molecule has 0 saturated carbocycles. The summed E-state index contributed by atoms with van der Waals surface area (Å²) in [5, 5.41) is 5.84. The molecule has 2 rings (SSSR count). The molecule has 1 N–H and O–H groups in total. The van der Waals surface area contributed by atoms with E-state index in [0.29, 0.717) is 19.4 Å². The van der Waals surface area contributed by atoms with Crippen LogP contribution < -0.4 is 5.32 Å². The number of sulfone groups is 1. The second-order valence-electron chi connectivity index (χ2n) is 4.73. The second-order valence-corrected chi connectivity index (χ2v) is 7.90. The van der Waals surface area contributed by atoms with Gasteiger partial charge in [0.1, 0.15) is 0 Å². The second kappa shape index (κ2) is 6.00. The molecule has 1 amide bonds. The van der Waals surface area contributed by atoms with Crippen molar-refractivity contribution in [3.05, 3.63) is 16.1 Å². The Labute approximate surface area is 117 Å². The van der Waals surface area contributed by atoms with Crippen molar-refractivity contribution in [1.82, 2.24) is 10.3 Å². The SMILES string of the molecule is CCc1csc(CCNC(=O)[C@@H]2CCS(=O)(=O)C2)n1. The van der Waals surface area contributed by atoms with Crippen molar-refractivity contribution in [3.63, 3.8) is 0 Å². The Balaban J connectivity index is 1.75. The monoisotopic (exact) mass is 302 g/mol. The van der Waals surface area contributed by atoms with Gasteiger partial charge in [0, 0.05) is 18.3 Å². The van der Waals surface area contributed by atoms with E-state index in [1.807, 2.05) is 5.38 Å². The van der Waals surface area contributed by atoms with Crippen LogP contribution in [-0.2, 0) is 27.5 Å². The number of hydrogen-bond acceptors (Lipinski definition) is 5. The number of aryl methyl sites for hydroxylation is 1. The standard InChI is InChI=1S/C12H18N2O3S2/c1-2-10-7-18-11(14-10)3-5-13-12(15)9-4-6-19(16,17)8-9/h7,9H,2-6,8H2,1H3,(H,13,15)/t9-/m1/s1. The van der Waals surface area contributed by atoms with E-state index < -0.39 is 9.84 Å². The molecule has 0 bridgehead atoms. The third-order valence-corrected chi connectivity index (χ3v) is 5.93. The molecule has 0 spiro atoms. The van der Waals surface area contributed by atoms with Gasteiger partial charge in [-0.1, -0.05) is 6.92 Å². The van der Waals surface area contributed by atoms with Crippen molar-refractivity contribution in [2.24, 2.45) is 5.92 Å². The molecule has 19 heavy (non-hydrogen) atoms. The number of nitrogens with one attached hydrogen (secondary N) is 1. The minimum atomic E-state index is -2.99. The van der Waals surface area contributed by atoms with E-state index in [4.69, 9.17) is 0 Å². The van der Waals surface area contributed by atoms with E-state index >= 15 is 0 Å². The van der Waals surface area contributed by atoms with Crippen LogP contribution in [0.4, 0.5) is 0 Å². The molecule has 1 aromatic rings. The van der Waals surface area contributed by atoms with E-state index in [1.54, 1.807) is 11.3 Å². The molecule has 1 aliphatic rings. The smallest absolute Gasteiger partial charge is 0.224 e. The van der Waals surface area contributed by atoms with Crippen molar-refractivity contribution in [2.45, 2.75) is 26.2 Å². The van der Waals surface area contributed by atoms with Gasteiger partial charge in [-0.2, -0.15) is 0 Å². The summed E-state index contributed by atoms with van der Waals surface area (Å²) in [5.74, 6) is -0.381. The van der Waals surface area contributed by atoms with Crippen molar-refractivity contribution in [3.8, 4) is 0 Å². The van der Waals surface area contributed by atoms with Gasteiger partial charge in [-0.3, -0.25) is 4.79 Å². The molecule has 1 aliphatic heterocycles. The molecule has 2 heterocycles. The van der Waals surface area contributed by atoms with Crippen LogP contribution in [0.15, 0.2) is 5.38 Å². The maximum absolute atomic E-state index is 11.8. The maximum Gasteiger partial charge on any atom is 0.224 e. The highest BCUT2D eigenvalue weighted by atomic mass is 32.2. The summed E-state index contributed by atoms with van der Waals surface area (Å²) in [4.78, 5) is 16.2. The summed E-state index contributed by atoms with van der Waals surface area (Å²) < 4.78 is 22.6. The van der Waals surface area contributed by atoms with Gasteiger partial charge in [0.2, 0.25) is 5.91 Å². The molecule has 7 heteroatoms. The number of hydrogen-bond donors (Lipinski definition) is 1. The van der Waals surface area contributed by atoms with Gasteiger partial charge >= 0.3 is 0 Å². The van der Waals surface area contributed by atoms with Crippen LogP contribution in [0.1, 0.15) is 24.0 Å². The van der Waals surface area contributed by atoms with Crippen LogP contribution in [0.3, 0.4) is 0 Å². The molecule has 0 aliphatic carbocycles. The van der Waals surface area contributed by atoms with Crippen LogP contribution in [0.25, 0.3) is 0 Å². The minimum Gasteiger partial charge on any atom is -0.355 e. The first kappa shape index (κ1) is 14.5. The van der Waals surface area contributed by atoms with Crippen molar-refractivity contribution in [2.75, 3.05) is 18.1 Å². The number of amides is 1. The molecule has 1 atom stereocenters. The topological polar surface area (TPSA) is 76.1 Å². The van der Waals surface area contributed by atoms with Crippen LogP contribution >= 0.6 is 11.3 Å². The van der Waals surface area contributed by atoms with Crippen LogP contribution in [0.2, 0.25) is 0 Å². The Morgan fingerprint density at radius 1 is 1.58 bits per heavy atom. The van der Waals surface area contributed by atoms with Gasteiger partial charge in [-0.15, -0.1) is 11.3 Å². The molecule has 0 aromatic carbocycles. The summed E-state index contributed by atoms with van der Waals surface area (Å²) in [7, 11) is -2.99.